The number of ether oxygens (including phenoxy) is 5. The van der Waals surface area contributed by atoms with Crippen molar-refractivity contribution in [1.82, 2.24) is 4.90 Å². The van der Waals surface area contributed by atoms with E-state index in [1.807, 2.05) is 31.2 Å². The molecule has 0 amide bonds. The van der Waals surface area contributed by atoms with Crippen molar-refractivity contribution in [3.05, 3.63) is 35.9 Å². The lowest BCUT2D eigenvalue weighted by atomic mass is 10.0. The van der Waals surface area contributed by atoms with Crippen molar-refractivity contribution in [3.63, 3.8) is 0 Å². The van der Waals surface area contributed by atoms with E-state index in [-0.39, 0.29) is 6.61 Å². The number of nitrogens with zero attached hydrogens (tertiary/aromatic N) is 1. The van der Waals surface area contributed by atoms with Gasteiger partial charge in [0.15, 0.2) is 0 Å². The minimum atomic E-state index is -0.596. The van der Waals surface area contributed by atoms with E-state index in [0.717, 1.165) is 29.8 Å². The van der Waals surface area contributed by atoms with Crippen molar-refractivity contribution in [2.75, 3.05) is 60.8 Å². The Labute approximate surface area is 178 Å². The van der Waals surface area contributed by atoms with Crippen molar-refractivity contribution in [2.24, 2.45) is 0 Å². The minimum absolute atomic E-state index is 0.187. The molecule has 0 spiro atoms. The maximum atomic E-state index is 10.4. The molecule has 30 heavy (non-hydrogen) atoms. The average molecular weight is 418 g/mol. The van der Waals surface area contributed by atoms with Gasteiger partial charge >= 0.3 is 0 Å². The second kappa shape index (κ2) is 10.5. The maximum absolute atomic E-state index is 10.4. The highest BCUT2D eigenvalue weighted by molar-refractivity contribution is 5.79. The van der Waals surface area contributed by atoms with Gasteiger partial charge in [0.2, 0.25) is 0 Å². The van der Waals surface area contributed by atoms with Crippen LogP contribution in [0.1, 0.15) is 5.56 Å². The topological polar surface area (TPSA) is 69.6 Å². The third kappa shape index (κ3) is 5.56. The fourth-order valence-corrected chi connectivity index (χ4v) is 3.57. The molecule has 0 saturated carbocycles. The summed E-state index contributed by atoms with van der Waals surface area (Å²) in [6.45, 7) is 5.79. The molecule has 1 fully saturated rings. The van der Waals surface area contributed by atoms with E-state index in [9.17, 15) is 5.11 Å². The highest BCUT2D eigenvalue weighted by atomic mass is 16.5. The molecule has 164 valence electrons. The van der Waals surface area contributed by atoms with Gasteiger partial charge in [-0.05, 0) is 42.3 Å². The van der Waals surface area contributed by atoms with Crippen LogP contribution in [0, 0.1) is 6.92 Å². The molecule has 2 aromatic carbocycles. The molecule has 7 heteroatoms. The van der Waals surface area contributed by atoms with E-state index in [2.05, 4.69) is 4.90 Å². The van der Waals surface area contributed by atoms with Gasteiger partial charge in [-0.15, -0.1) is 0 Å². The van der Waals surface area contributed by atoms with Crippen LogP contribution in [0.3, 0.4) is 0 Å². The van der Waals surface area contributed by atoms with E-state index in [1.54, 1.807) is 27.4 Å². The summed E-state index contributed by atoms with van der Waals surface area (Å²) >= 11 is 0. The fraction of sp³-hybridized carbons (Fsp3) is 0.478. The molecular formula is C23H31NO6. The largest absolute Gasteiger partial charge is 0.497 e. The van der Waals surface area contributed by atoms with Gasteiger partial charge in [0.25, 0.3) is 0 Å². The quantitative estimate of drug-likeness (QED) is 0.673. The van der Waals surface area contributed by atoms with Gasteiger partial charge in [0.1, 0.15) is 35.7 Å². The lowest BCUT2D eigenvalue weighted by Gasteiger charge is -2.28. The number of aliphatic hydroxyl groups excluding tert-OH is 1. The van der Waals surface area contributed by atoms with Crippen LogP contribution < -0.4 is 18.9 Å². The second-order valence-corrected chi connectivity index (χ2v) is 7.32. The van der Waals surface area contributed by atoms with E-state index in [0.29, 0.717) is 42.8 Å². The summed E-state index contributed by atoms with van der Waals surface area (Å²) in [7, 11) is 4.88. The highest BCUT2D eigenvalue weighted by Gasteiger charge is 2.18. The zero-order valence-electron chi connectivity index (χ0n) is 18.1. The molecule has 1 aliphatic heterocycles. The van der Waals surface area contributed by atoms with Gasteiger partial charge in [0, 0.05) is 25.7 Å². The monoisotopic (exact) mass is 417 g/mol. The van der Waals surface area contributed by atoms with Crippen LogP contribution in [0.2, 0.25) is 0 Å². The summed E-state index contributed by atoms with van der Waals surface area (Å²) in [5.41, 5.74) is 2.71. The van der Waals surface area contributed by atoms with Crippen molar-refractivity contribution in [3.8, 4) is 34.1 Å². The molecule has 1 unspecified atom stereocenters. The lowest BCUT2D eigenvalue weighted by Crippen LogP contribution is -2.42. The van der Waals surface area contributed by atoms with Crippen LogP contribution in [0.4, 0.5) is 0 Å². The molecule has 1 aliphatic rings. The van der Waals surface area contributed by atoms with Crippen molar-refractivity contribution >= 4 is 0 Å². The highest BCUT2D eigenvalue weighted by Crippen LogP contribution is 2.42. The number of benzene rings is 2. The van der Waals surface area contributed by atoms with Gasteiger partial charge < -0.3 is 28.8 Å². The number of aryl methyl sites for hydroxylation is 1. The minimum Gasteiger partial charge on any atom is -0.497 e. The molecule has 2 aromatic rings. The Hall–Kier alpha value is -2.48. The van der Waals surface area contributed by atoms with Crippen molar-refractivity contribution in [1.29, 1.82) is 0 Å². The van der Waals surface area contributed by atoms with Gasteiger partial charge in [-0.3, -0.25) is 4.90 Å². The molecule has 0 aliphatic carbocycles. The first-order valence-corrected chi connectivity index (χ1v) is 10.1. The number of morpholine rings is 1. The normalized spacial score (nSPS) is 15.5. The number of hydrogen-bond acceptors (Lipinski definition) is 7. The summed E-state index contributed by atoms with van der Waals surface area (Å²) in [6, 6.07) is 9.54. The summed E-state index contributed by atoms with van der Waals surface area (Å²) in [4.78, 5) is 2.18. The SMILES string of the molecule is COc1cc(OCC(O)CN2CCOCC2)cc(-c2c(OC)cc(C)cc2OC)c1. The Balaban J connectivity index is 1.80. The summed E-state index contributed by atoms with van der Waals surface area (Å²) < 4.78 is 27.9. The molecule has 7 nitrogen and oxygen atoms in total. The molecule has 3 rings (SSSR count). The third-order valence-electron chi connectivity index (χ3n) is 5.07. The van der Waals surface area contributed by atoms with Gasteiger partial charge in [-0.1, -0.05) is 0 Å². The number of rotatable bonds is 9. The molecular weight excluding hydrogens is 386 g/mol. The molecule has 0 bridgehead atoms. The second-order valence-electron chi connectivity index (χ2n) is 7.32. The van der Waals surface area contributed by atoms with E-state index >= 15 is 0 Å². The van der Waals surface area contributed by atoms with E-state index in [4.69, 9.17) is 23.7 Å². The Morgan fingerprint density at radius 3 is 2.17 bits per heavy atom. The standard InChI is InChI=1S/C23H31NO6/c1-16-9-21(27-3)23(22(10-16)28-4)17-11-19(26-2)13-20(12-17)30-15-18(25)14-24-5-7-29-8-6-24/h9-13,18,25H,5-8,14-15H2,1-4H3. The first-order chi connectivity index (χ1) is 14.5. The smallest absolute Gasteiger partial charge is 0.130 e. The molecule has 1 atom stereocenters. The van der Waals surface area contributed by atoms with Crippen molar-refractivity contribution in [2.45, 2.75) is 13.0 Å². The molecule has 0 radical (unpaired) electrons. The average Bonchev–Trinajstić information content (AvgIpc) is 2.77. The van der Waals surface area contributed by atoms with Crippen LogP contribution in [0.5, 0.6) is 23.0 Å². The number of β-amino-alcohol motifs (C(OH)–C–C–N with tert-alkyl or cyclic N) is 1. The molecule has 0 aromatic heterocycles. The fourth-order valence-electron chi connectivity index (χ4n) is 3.57. The van der Waals surface area contributed by atoms with Crippen molar-refractivity contribution < 1.29 is 28.8 Å². The maximum Gasteiger partial charge on any atom is 0.130 e. The molecule has 1 heterocycles. The Morgan fingerprint density at radius 1 is 0.933 bits per heavy atom. The van der Waals surface area contributed by atoms with Gasteiger partial charge in [-0.25, -0.2) is 0 Å². The zero-order valence-corrected chi connectivity index (χ0v) is 18.1. The van der Waals surface area contributed by atoms with Crippen LogP contribution in [-0.2, 0) is 4.74 Å². The third-order valence-corrected chi connectivity index (χ3v) is 5.07. The van der Waals surface area contributed by atoms with Crippen LogP contribution in [0.25, 0.3) is 11.1 Å². The van der Waals surface area contributed by atoms with E-state index < -0.39 is 6.10 Å². The number of hydrogen-bond donors (Lipinski definition) is 1. The summed E-state index contributed by atoms with van der Waals surface area (Å²) in [5, 5.41) is 10.4. The Morgan fingerprint density at radius 2 is 1.57 bits per heavy atom. The molecule has 1 saturated heterocycles. The first-order valence-electron chi connectivity index (χ1n) is 10.1. The number of aliphatic hydroxyl groups is 1. The first kappa shape index (κ1) is 22.2. The van der Waals surface area contributed by atoms with Crippen LogP contribution in [-0.4, -0.2) is 76.9 Å². The van der Waals surface area contributed by atoms with E-state index in [1.165, 1.54) is 0 Å². The number of methoxy groups -OCH3 is 3. The Kier molecular flexibility index (Phi) is 7.79. The molecule has 1 N–H and O–H groups in total. The van der Waals surface area contributed by atoms with Gasteiger partial charge in [-0.2, -0.15) is 0 Å². The zero-order chi connectivity index (χ0) is 21.5. The summed E-state index contributed by atoms with van der Waals surface area (Å²) in [6.07, 6.45) is -0.596. The van der Waals surface area contributed by atoms with Crippen LogP contribution in [0.15, 0.2) is 30.3 Å². The Bertz CT molecular complexity index is 809. The van der Waals surface area contributed by atoms with Crippen LogP contribution >= 0.6 is 0 Å². The summed E-state index contributed by atoms with van der Waals surface area (Å²) in [5.74, 6) is 2.67. The predicted octanol–water partition coefficient (Wildman–Crippen LogP) is 2.76. The predicted molar refractivity (Wildman–Crippen MR) is 115 cm³/mol. The van der Waals surface area contributed by atoms with Gasteiger partial charge in [0.05, 0.1) is 40.1 Å². The lowest BCUT2D eigenvalue weighted by molar-refractivity contribution is 0.00464.